The van der Waals surface area contributed by atoms with Crippen LogP contribution < -0.4 is 0 Å². The van der Waals surface area contributed by atoms with E-state index in [2.05, 4.69) is 0 Å². The molecule has 0 spiro atoms. The van der Waals surface area contributed by atoms with Gasteiger partial charge in [-0.1, -0.05) is 38.1 Å². The first kappa shape index (κ1) is 22.0. The smallest absolute Gasteiger partial charge is 0.189 e. The van der Waals surface area contributed by atoms with Gasteiger partial charge in [-0.2, -0.15) is 0 Å². The van der Waals surface area contributed by atoms with Crippen molar-refractivity contribution < 1.29 is 22.3 Å². The fraction of sp³-hybridized carbons (Fsp3) is 0.318. The van der Waals surface area contributed by atoms with E-state index in [-0.39, 0.29) is 29.2 Å². The number of Topliss-reactive ketones (excluding diaryl/α,β-unsaturated/α-hetero) is 1. The lowest BCUT2D eigenvalue weighted by Gasteiger charge is -2.26. The van der Waals surface area contributed by atoms with Crippen LogP contribution in [0, 0.1) is 12.7 Å². The lowest BCUT2D eigenvalue weighted by Crippen LogP contribution is -2.26. The molecule has 1 aliphatic heterocycles. The highest BCUT2D eigenvalue weighted by atomic mass is 32.2. The van der Waals surface area contributed by atoms with Crippen molar-refractivity contribution in [3.63, 3.8) is 0 Å². The minimum Gasteiger partial charge on any atom is -0.366 e. The summed E-state index contributed by atoms with van der Waals surface area (Å²) in [5.41, 5.74) is 3.09. The molecule has 150 valence electrons. The lowest BCUT2D eigenvalue weighted by molar-refractivity contribution is -0.119. The molecule has 2 aromatic rings. The van der Waals surface area contributed by atoms with Crippen LogP contribution in [-0.2, 0) is 19.4 Å². The number of sulfone groups is 1. The Kier molecular flexibility index (Phi) is 6.91. The van der Waals surface area contributed by atoms with E-state index in [1.54, 1.807) is 37.3 Å². The van der Waals surface area contributed by atoms with Crippen LogP contribution in [0.4, 0.5) is 4.39 Å². The third-order valence-corrected chi connectivity index (χ3v) is 5.69. The Bertz CT molecular complexity index is 1010. The summed E-state index contributed by atoms with van der Waals surface area (Å²) in [6.07, 6.45) is 0.810. The Morgan fingerprint density at radius 1 is 1.04 bits per heavy atom. The minimum atomic E-state index is -3.33. The normalized spacial score (nSPS) is 17.2. The van der Waals surface area contributed by atoms with Gasteiger partial charge in [-0.25, -0.2) is 12.8 Å². The van der Waals surface area contributed by atoms with Gasteiger partial charge in [0.15, 0.2) is 15.6 Å². The highest BCUT2D eigenvalue weighted by molar-refractivity contribution is 7.90. The second-order valence-corrected chi connectivity index (χ2v) is 8.41. The molecule has 0 saturated carbocycles. The largest absolute Gasteiger partial charge is 0.366 e. The predicted octanol–water partition coefficient (Wildman–Crippen LogP) is 4.46. The number of halogens is 1. The van der Waals surface area contributed by atoms with Gasteiger partial charge in [0.1, 0.15) is 12.4 Å². The number of carbonyl (C=O) groups excluding carboxylic acids is 1. The van der Waals surface area contributed by atoms with Gasteiger partial charge in [-0.3, -0.25) is 4.79 Å². The molecule has 0 bridgehead atoms. The monoisotopic (exact) mass is 404 g/mol. The number of hydrogen-bond donors (Lipinski definition) is 0. The maximum absolute atomic E-state index is 13.3. The van der Waals surface area contributed by atoms with Gasteiger partial charge in [0.25, 0.3) is 0 Å². The zero-order valence-corrected chi connectivity index (χ0v) is 17.6. The standard InChI is InChI=1S/C20H19FO4S.C2H6/c1-12-10-15(6-9-18(12)26(3,23)24)19-13(2)25-11-17(22)20(19)14-4-7-16(21)8-5-14;1-2/h4-10,13H,11H2,1-3H3;1-2H3. The first-order valence-electron chi connectivity index (χ1n) is 9.14. The van der Waals surface area contributed by atoms with E-state index in [0.29, 0.717) is 22.3 Å². The molecule has 0 fully saturated rings. The van der Waals surface area contributed by atoms with E-state index in [9.17, 15) is 17.6 Å². The summed E-state index contributed by atoms with van der Waals surface area (Å²) in [5, 5.41) is 0. The first-order valence-corrected chi connectivity index (χ1v) is 11.0. The van der Waals surface area contributed by atoms with Crippen molar-refractivity contribution >= 4 is 26.8 Å². The number of ketones is 1. The van der Waals surface area contributed by atoms with E-state index in [1.165, 1.54) is 12.1 Å². The Balaban J connectivity index is 0.00000136. The van der Waals surface area contributed by atoms with Crippen LogP contribution in [0.25, 0.3) is 11.1 Å². The van der Waals surface area contributed by atoms with Gasteiger partial charge in [-0.05, 0) is 54.3 Å². The molecule has 1 unspecified atom stereocenters. The third kappa shape index (κ3) is 4.56. The van der Waals surface area contributed by atoms with Crippen molar-refractivity contribution in [3.05, 3.63) is 65.0 Å². The molecule has 28 heavy (non-hydrogen) atoms. The fourth-order valence-electron chi connectivity index (χ4n) is 3.25. The summed E-state index contributed by atoms with van der Waals surface area (Å²) >= 11 is 0. The summed E-state index contributed by atoms with van der Waals surface area (Å²) in [6, 6.07) is 10.7. The van der Waals surface area contributed by atoms with E-state index in [0.717, 1.165) is 11.8 Å². The highest BCUT2D eigenvalue weighted by Crippen LogP contribution is 2.35. The molecule has 0 aromatic heterocycles. The number of aryl methyl sites for hydroxylation is 1. The molecule has 1 atom stereocenters. The number of benzene rings is 2. The number of ether oxygens (including phenoxy) is 1. The topological polar surface area (TPSA) is 60.4 Å². The average Bonchev–Trinajstić information content (AvgIpc) is 2.65. The van der Waals surface area contributed by atoms with Crippen molar-refractivity contribution in [2.75, 3.05) is 12.9 Å². The Labute approximate surface area is 166 Å². The molecule has 0 amide bonds. The molecular weight excluding hydrogens is 379 g/mol. The minimum absolute atomic E-state index is 0.0439. The molecule has 4 nitrogen and oxygen atoms in total. The fourth-order valence-corrected chi connectivity index (χ4v) is 4.21. The molecule has 3 rings (SSSR count). The summed E-state index contributed by atoms with van der Waals surface area (Å²) in [7, 11) is -3.33. The number of hydrogen-bond acceptors (Lipinski definition) is 4. The van der Waals surface area contributed by atoms with Crippen molar-refractivity contribution in [2.45, 2.75) is 38.7 Å². The van der Waals surface area contributed by atoms with Crippen LogP contribution in [-0.4, -0.2) is 33.2 Å². The van der Waals surface area contributed by atoms with Crippen LogP contribution in [0.1, 0.15) is 37.5 Å². The molecule has 0 saturated heterocycles. The van der Waals surface area contributed by atoms with Crippen LogP contribution in [0.5, 0.6) is 0 Å². The second kappa shape index (κ2) is 8.80. The van der Waals surface area contributed by atoms with Crippen LogP contribution in [0.3, 0.4) is 0 Å². The van der Waals surface area contributed by atoms with E-state index in [4.69, 9.17) is 4.74 Å². The van der Waals surface area contributed by atoms with E-state index in [1.807, 2.05) is 20.8 Å². The van der Waals surface area contributed by atoms with Gasteiger partial charge >= 0.3 is 0 Å². The van der Waals surface area contributed by atoms with Crippen molar-refractivity contribution in [3.8, 4) is 0 Å². The summed E-state index contributed by atoms with van der Waals surface area (Å²) in [6.45, 7) is 7.51. The molecule has 1 aliphatic rings. The van der Waals surface area contributed by atoms with Gasteiger partial charge in [0, 0.05) is 11.8 Å². The molecule has 0 N–H and O–H groups in total. The van der Waals surface area contributed by atoms with Crippen LogP contribution in [0.2, 0.25) is 0 Å². The second-order valence-electron chi connectivity index (χ2n) is 6.42. The summed E-state index contributed by atoms with van der Waals surface area (Å²) in [5.74, 6) is -0.564. The molecule has 0 aliphatic carbocycles. The van der Waals surface area contributed by atoms with Gasteiger partial charge in [0.2, 0.25) is 0 Å². The number of rotatable bonds is 3. The van der Waals surface area contributed by atoms with Crippen LogP contribution >= 0.6 is 0 Å². The third-order valence-electron chi connectivity index (χ3n) is 4.44. The van der Waals surface area contributed by atoms with Gasteiger partial charge in [0.05, 0.1) is 11.0 Å². The van der Waals surface area contributed by atoms with Crippen molar-refractivity contribution in [1.29, 1.82) is 0 Å². The lowest BCUT2D eigenvalue weighted by atomic mass is 9.87. The Morgan fingerprint density at radius 2 is 1.61 bits per heavy atom. The molecule has 2 aromatic carbocycles. The molecular formula is C22H25FO4S. The van der Waals surface area contributed by atoms with Gasteiger partial charge in [-0.15, -0.1) is 0 Å². The van der Waals surface area contributed by atoms with E-state index >= 15 is 0 Å². The first-order chi connectivity index (χ1) is 13.2. The highest BCUT2D eigenvalue weighted by Gasteiger charge is 2.29. The zero-order chi connectivity index (χ0) is 21.1. The van der Waals surface area contributed by atoms with Gasteiger partial charge < -0.3 is 4.74 Å². The molecule has 6 heteroatoms. The maximum atomic E-state index is 13.3. The Hall–Kier alpha value is -2.31. The average molecular weight is 405 g/mol. The summed E-state index contributed by atoms with van der Waals surface area (Å²) in [4.78, 5) is 12.8. The van der Waals surface area contributed by atoms with Crippen molar-refractivity contribution in [1.82, 2.24) is 0 Å². The number of carbonyl (C=O) groups is 1. The van der Waals surface area contributed by atoms with Crippen LogP contribution in [0.15, 0.2) is 47.4 Å². The molecule has 1 heterocycles. The zero-order valence-electron chi connectivity index (χ0n) is 16.7. The summed E-state index contributed by atoms with van der Waals surface area (Å²) < 4.78 is 42.5. The van der Waals surface area contributed by atoms with E-state index < -0.39 is 9.84 Å². The predicted molar refractivity (Wildman–Crippen MR) is 109 cm³/mol. The molecule has 0 radical (unpaired) electrons. The quantitative estimate of drug-likeness (QED) is 0.758. The Morgan fingerprint density at radius 3 is 2.14 bits per heavy atom. The van der Waals surface area contributed by atoms with Crippen molar-refractivity contribution in [2.24, 2.45) is 0 Å². The SMILES string of the molecule is CC.Cc1cc(C2=C(c3ccc(F)cc3)C(=O)COC2C)ccc1S(C)(=O)=O. The maximum Gasteiger partial charge on any atom is 0.189 e.